The highest BCUT2D eigenvalue weighted by atomic mass is 16.7. The van der Waals surface area contributed by atoms with Gasteiger partial charge in [0.15, 0.2) is 6.29 Å². The number of hydrogen-bond acceptors (Lipinski definition) is 4. The van der Waals surface area contributed by atoms with Gasteiger partial charge in [-0.1, -0.05) is 0 Å². The zero-order valence-corrected chi connectivity index (χ0v) is 6.23. The molecule has 2 heterocycles. The van der Waals surface area contributed by atoms with Crippen LogP contribution in [-0.2, 0) is 14.2 Å². The van der Waals surface area contributed by atoms with Crippen molar-refractivity contribution in [1.82, 2.24) is 0 Å². The molecule has 0 radical (unpaired) electrons. The van der Waals surface area contributed by atoms with Crippen LogP contribution in [0.15, 0.2) is 0 Å². The van der Waals surface area contributed by atoms with E-state index in [1.54, 1.807) is 0 Å². The van der Waals surface area contributed by atoms with Crippen LogP contribution in [0.5, 0.6) is 0 Å². The molecule has 3 atom stereocenters. The second-order valence-corrected chi connectivity index (χ2v) is 2.87. The fraction of sp³-hybridized carbons (Fsp3) is 1.00. The van der Waals surface area contributed by atoms with Gasteiger partial charge in [-0.3, -0.25) is 0 Å². The van der Waals surface area contributed by atoms with Crippen molar-refractivity contribution in [1.29, 1.82) is 0 Å². The fourth-order valence-corrected chi connectivity index (χ4v) is 1.43. The summed E-state index contributed by atoms with van der Waals surface area (Å²) in [6.45, 7) is 1.57. The third kappa shape index (κ3) is 1.54. The fourth-order valence-electron chi connectivity index (χ4n) is 1.43. The minimum Gasteiger partial charge on any atom is -0.391 e. The van der Waals surface area contributed by atoms with Crippen LogP contribution in [-0.4, -0.2) is 43.4 Å². The Hall–Kier alpha value is -0.160. The number of aliphatic hydroxyl groups is 1. The van der Waals surface area contributed by atoms with Gasteiger partial charge in [0.05, 0.1) is 25.9 Å². The monoisotopic (exact) mass is 160 g/mol. The van der Waals surface area contributed by atoms with E-state index in [0.29, 0.717) is 26.2 Å². The maximum Gasteiger partial charge on any atom is 0.184 e. The smallest absolute Gasteiger partial charge is 0.184 e. The summed E-state index contributed by atoms with van der Waals surface area (Å²) in [5.41, 5.74) is 0. The zero-order chi connectivity index (χ0) is 7.68. The minimum atomic E-state index is -0.391. The summed E-state index contributed by atoms with van der Waals surface area (Å²) < 4.78 is 15.8. The van der Waals surface area contributed by atoms with Gasteiger partial charge in [-0.2, -0.15) is 0 Å². The van der Waals surface area contributed by atoms with Gasteiger partial charge >= 0.3 is 0 Å². The van der Waals surface area contributed by atoms with Crippen LogP contribution in [0.3, 0.4) is 0 Å². The highest BCUT2D eigenvalue weighted by Crippen LogP contribution is 2.21. The number of rotatable bonds is 0. The molecule has 64 valence electrons. The second kappa shape index (κ2) is 3.06. The van der Waals surface area contributed by atoms with E-state index in [1.807, 2.05) is 0 Å². The molecule has 0 amide bonds. The molecule has 0 spiro atoms. The predicted octanol–water partition coefficient (Wildman–Crippen LogP) is -0.491. The third-order valence-corrected chi connectivity index (χ3v) is 1.96. The quantitative estimate of drug-likeness (QED) is 0.519. The highest BCUT2D eigenvalue weighted by molar-refractivity contribution is 4.75. The summed E-state index contributed by atoms with van der Waals surface area (Å²) >= 11 is 0. The van der Waals surface area contributed by atoms with Gasteiger partial charge in [-0.05, 0) is 0 Å². The summed E-state index contributed by atoms with van der Waals surface area (Å²) in [6, 6.07) is 0. The zero-order valence-electron chi connectivity index (χ0n) is 6.23. The number of ether oxygens (including phenoxy) is 3. The molecule has 2 saturated heterocycles. The first kappa shape index (κ1) is 7.49. The van der Waals surface area contributed by atoms with Crippen LogP contribution in [0, 0.1) is 0 Å². The van der Waals surface area contributed by atoms with Crippen LogP contribution in [0.4, 0.5) is 0 Å². The molecule has 0 aromatic rings. The Morgan fingerprint density at radius 2 is 1.91 bits per heavy atom. The summed E-state index contributed by atoms with van der Waals surface area (Å²) in [5, 5.41) is 9.19. The van der Waals surface area contributed by atoms with E-state index in [-0.39, 0.29) is 12.4 Å². The molecule has 4 nitrogen and oxygen atoms in total. The normalized spacial score (nSPS) is 45.0. The molecule has 0 unspecified atom stereocenters. The number of hydrogen-bond donors (Lipinski definition) is 1. The molecule has 0 saturated carbocycles. The standard InChI is InChI=1S/C7H12O4/c8-5-3-6-7(11-4-5)10-2-1-9-6/h5-8H,1-4H2/t5-,6+,7-/m1/s1. The Labute approximate surface area is 65.1 Å². The van der Waals surface area contributed by atoms with E-state index in [0.717, 1.165) is 0 Å². The first-order valence-electron chi connectivity index (χ1n) is 3.89. The van der Waals surface area contributed by atoms with Crippen molar-refractivity contribution in [3.63, 3.8) is 0 Å². The minimum absolute atomic E-state index is 0.0625. The first-order chi connectivity index (χ1) is 5.36. The molecule has 4 heteroatoms. The third-order valence-electron chi connectivity index (χ3n) is 1.96. The molecule has 2 aliphatic rings. The lowest BCUT2D eigenvalue weighted by molar-refractivity contribution is -0.281. The van der Waals surface area contributed by atoms with E-state index in [4.69, 9.17) is 14.2 Å². The van der Waals surface area contributed by atoms with E-state index >= 15 is 0 Å². The average Bonchev–Trinajstić information content (AvgIpc) is 2.04. The molecule has 11 heavy (non-hydrogen) atoms. The van der Waals surface area contributed by atoms with Crippen molar-refractivity contribution >= 4 is 0 Å². The topological polar surface area (TPSA) is 47.9 Å². The van der Waals surface area contributed by atoms with Crippen molar-refractivity contribution in [3.8, 4) is 0 Å². The second-order valence-electron chi connectivity index (χ2n) is 2.87. The predicted molar refractivity (Wildman–Crippen MR) is 36.1 cm³/mol. The van der Waals surface area contributed by atoms with Gasteiger partial charge in [0.1, 0.15) is 6.10 Å². The Kier molecular flexibility index (Phi) is 2.09. The van der Waals surface area contributed by atoms with Crippen LogP contribution < -0.4 is 0 Å². The molecular weight excluding hydrogens is 148 g/mol. The Morgan fingerprint density at radius 3 is 2.82 bits per heavy atom. The van der Waals surface area contributed by atoms with Crippen molar-refractivity contribution in [3.05, 3.63) is 0 Å². The van der Waals surface area contributed by atoms with Gasteiger partial charge in [0.25, 0.3) is 0 Å². The molecule has 0 aliphatic carbocycles. The van der Waals surface area contributed by atoms with Gasteiger partial charge in [0.2, 0.25) is 0 Å². The van der Waals surface area contributed by atoms with E-state index in [1.165, 1.54) is 0 Å². The number of aliphatic hydroxyl groups excluding tert-OH is 1. The molecule has 1 N–H and O–H groups in total. The average molecular weight is 160 g/mol. The lowest BCUT2D eigenvalue weighted by Gasteiger charge is -2.36. The van der Waals surface area contributed by atoms with Crippen LogP contribution in [0.1, 0.15) is 6.42 Å². The van der Waals surface area contributed by atoms with Crippen molar-refractivity contribution in [2.24, 2.45) is 0 Å². The van der Waals surface area contributed by atoms with Gasteiger partial charge in [-0.25, -0.2) is 0 Å². The molecular formula is C7H12O4. The lowest BCUT2D eigenvalue weighted by atomic mass is 10.1. The Balaban J connectivity index is 1.93. The lowest BCUT2D eigenvalue weighted by Crippen LogP contribution is -2.47. The van der Waals surface area contributed by atoms with Gasteiger partial charge in [-0.15, -0.1) is 0 Å². The summed E-state index contributed by atoms with van der Waals surface area (Å²) in [4.78, 5) is 0. The van der Waals surface area contributed by atoms with Crippen LogP contribution in [0.25, 0.3) is 0 Å². The van der Waals surface area contributed by atoms with Crippen LogP contribution >= 0.6 is 0 Å². The SMILES string of the molecule is O[C@H]1CO[C@H]2OCCO[C@H]2C1. The molecule has 2 aliphatic heterocycles. The molecule has 0 aromatic heterocycles. The maximum absolute atomic E-state index is 9.19. The van der Waals surface area contributed by atoms with E-state index in [2.05, 4.69) is 0 Å². The highest BCUT2D eigenvalue weighted by Gasteiger charge is 2.34. The summed E-state index contributed by atoms with van der Waals surface area (Å²) in [7, 11) is 0. The Morgan fingerprint density at radius 1 is 1.09 bits per heavy atom. The number of fused-ring (bicyclic) bond motifs is 1. The first-order valence-corrected chi connectivity index (χ1v) is 3.89. The summed E-state index contributed by atoms with van der Waals surface area (Å²) in [6.07, 6.45) is -0.0670. The van der Waals surface area contributed by atoms with Crippen LogP contribution in [0.2, 0.25) is 0 Å². The van der Waals surface area contributed by atoms with Crippen molar-refractivity contribution < 1.29 is 19.3 Å². The van der Waals surface area contributed by atoms with Gasteiger partial charge < -0.3 is 19.3 Å². The molecule has 2 fully saturated rings. The molecule has 0 bridgehead atoms. The van der Waals surface area contributed by atoms with Crippen molar-refractivity contribution in [2.45, 2.75) is 24.9 Å². The van der Waals surface area contributed by atoms with E-state index in [9.17, 15) is 5.11 Å². The van der Waals surface area contributed by atoms with Gasteiger partial charge in [0, 0.05) is 6.42 Å². The maximum atomic E-state index is 9.19. The van der Waals surface area contributed by atoms with Crippen molar-refractivity contribution in [2.75, 3.05) is 19.8 Å². The van der Waals surface area contributed by atoms with E-state index < -0.39 is 6.10 Å². The molecule has 2 rings (SSSR count). The molecule has 0 aromatic carbocycles. The summed E-state index contributed by atoms with van der Waals surface area (Å²) in [5.74, 6) is 0. The Bertz CT molecular complexity index is 138. The largest absolute Gasteiger partial charge is 0.391 e.